The Balaban J connectivity index is 2.54. The fourth-order valence-corrected chi connectivity index (χ4v) is 2.51. The van der Waals surface area contributed by atoms with Crippen LogP contribution < -0.4 is 16.5 Å². The van der Waals surface area contributed by atoms with E-state index in [9.17, 15) is 14.4 Å². The molecule has 1 unspecified atom stereocenters. The van der Waals surface area contributed by atoms with E-state index in [2.05, 4.69) is 22.3 Å². The second kappa shape index (κ2) is 12.3. The number of anilines is 1. The summed E-state index contributed by atoms with van der Waals surface area (Å²) in [5.41, 5.74) is 2.47. The van der Waals surface area contributed by atoms with Crippen LogP contribution in [0.1, 0.15) is 44.2 Å². The number of benzene rings is 1. The molecule has 152 valence electrons. The van der Waals surface area contributed by atoms with E-state index in [-0.39, 0.29) is 37.7 Å². The van der Waals surface area contributed by atoms with Crippen LogP contribution in [0, 0.1) is 0 Å². The summed E-state index contributed by atoms with van der Waals surface area (Å²) in [6.07, 6.45) is 3.74. The minimum Gasteiger partial charge on any atom is -0.466 e. The second-order valence-electron chi connectivity index (χ2n) is 6.02. The summed E-state index contributed by atoms with van der Waals surface area (Å²) in [6, 6.07) is 4.93. The van der Waals surface area contributed by atoms with Crippen LogP contribution in [0.4, 0.5) is 5.69 Å². The van der Waals surface area contributed by atoms with Crippen LogP contribution in [0.25, 0.3) is 0 Å². The quantitative estimate of drug-likeness (QED) is 0.176. The summed E-state index contributed by atoms with van der Waals surface area (Å²) in [6.45, 7) is 7.56. The molecule has 0 saturated carbocycles. The molecule has 1 rings (SSSR count). The molecule has 8 nitrogen and oxygen atoms in total. The predicted molar refractivity (Wildman–Crippen MR) is 109 cm³/mol. The van der Waals surface area contributed by atoms with Crippen LogP contribution in [-0.4, -0.2) is 36.6 Å². The van der Waals surface area contributed by atoms with E-state index >= 15 is 0 Å². The Kier molecular flexibility index (Phi) is 10.0. The number of amides is 2. The first-order valence-corrected chi connectivity index (χ1v) is 9.17. The van der Waals surface area contributed by atoms with E-state index < -0.39 is 12.0 Å². The summed E-state index contributed by atoms with van der Waals surface area (Å²) >= 11 is 0. The van der Waals surface area contributed by atoms with Gasteiger partial charge in [0.05, 0.1) is 25.3 Å². The van der Waals surface area contributed by atoms with Crippen LogP contribution in [0.5, 0.6) is 0 Å². The van der Waals surface area contributed by atoms with Crippen molar-refractivity contribution in [2.75, 3.05) is 11.9 Å². The minimum absolute atomic E-state index is 0.00162. The molecule has 0 aliphatic carbocycles. The molecule has 0 saturated heterocycles. The molecule has 0 bridgehead atoms. The number of carbonyl (C=O) groups is 3. The number of esters is 1. The van der Waals surface area contributed by atoms with E-state index in [0.29, 0.717) is 5.69 Å². The van der Waals surface area contributed by atoms with Gasteiger partial charge in [0, 0.05) is 18.5 Å². The third-order valence-electron chi connectivity index (χ3n) is 3.91. The van der Waals surface area contributed by atoms with Crippen LogP contribution in [0.15, 0.2) is 36.0 Å². The van der Waals surface area contributed by atoms with Gasteiger partial charge in [0.2, 0.25) is 11.8 Å². The number of hydrogen-bond donors (Lipinski definition) is 3. The van der Waals surface area contributed by atoms with Gasteiger partial charge in [-0.25, -0.2) is 0 Å². The zero-order valence-corrected chi connectivity index (χ0v) is 16.4. The third kappa shape index (κ3) is 8.03. The monoisotopic (exact) mass is 388 g/mol. The molecule has 0 radical (unpaired) electrons. The Hall–Kier alpha value is -3.16. The first kappa shape index (κ1) is 22.9. The van der Waals surface area contributed by atoms with Gasteiger partial charge in [0.1, 0.15) is 0 Å². The Labute approximate surface area is 165 Å². The number of nitrogens with two attached hydrogens (primary N) is 1. The highest BCUT2D eigenvalue weighted by molar-refractivity contribution is 5.94. The highest BCUT2D eigenvalue weighted by Crippen LogP contribution is 2.18. The molecule has 0 aliphatic heterocycles. The fraction of sp³-hybridized carbons (Fsp3) is 0.400. The van der Waals surface area contributed by atoms with Gasteiger partial charge < -0.3 is 21.2 Å². The SMILES string of the molecule is C=CC(CC(=O)OCC)NC(=O)CCC(=O)Nc1ccc(C=NN)cc1CC. The molecular formula is C20H28N4O4. The summed E-state index contributed by atoms with van der Waals surface area (Å²) in [4.78, 5) is 35.7. The Morgan fingerprint density at radius 2 is 1.96 bits per heavy atom. The van der Waals surface area contributed by atoms with E-state index in [1.165, 1.54) is 12.3 Å². The summed E-state index contributed by atoms with van der Waals surface area (Å²) in [5.74, 6) is 4.13. The van der Waals surface area contributed by atoms with Gasteiger partial charge in [-0.15, -0.1) is 6.58 Å². The number of aryl methyl sites for hydroxylation is 1. The van der Waals surface area contributed by atoms with Crippen molar-refractivity contribution in [3.05, 3.63) is 42.0 Å². The van der Waals surface area contributed by atoms with E-state index in [0.717, 1.165) is 17.5 Å². The van der Waals surface area contributed by atoms with Crippen LogP contribution in [0.2, 0.25) is 0 Å². The maximum absolute atomic E-state index is 12.2. The number of nitrogens with zero attached hydrogens (tertiary/aromatic N) is 1. The predicted octanol–water partition coefficient (Wildman–Crippen LogP) is 1.88. The average molecular weight is 388 g/mol. The lowest BCUT2D eigenvalue weighted by Gasteiger charge is -2.14. The first-order valence-electron chi connectivity index (χ1n) is 9.17. The maximum Gasteiger partial charge on any atom is 0.308 e. The lowest BCUT2D eigenvalue weighted by Crippen LogP contribution is -2.35. The summed E-state index contributed by atoms with van der Waals surface area (Å²) in [7, 11) is 0. The smallest absolute Gasteiger partial charge is 0.308 e. The normalized spacial score (nSPS) is 11.6. The number of hydrogen-bond acceptors (Lipinski definition) is 6. The molecular weight excluding hydrogens is 360 g/mol. The Morgan fingerprint density at radius 1 is 1.25 bits per heavy atom. The molecule has 0 aliphatic rings. The molecule has 8 heteroatoms. The topological polar surface area (TPSA) is 123 Å². The minimum atomic E-state index is -0.530. The highest BCUT2D eigenvalue weighted by atomic mass is 16.5. The maximum atomic E-state index is 12.2. The van der Waals surface area contributed by atoms with E-state index in [1.54, 1.807) is 19.1 Å². The standard InChI is InChI=1S/C20H28N4O4/c1-4-15-11-14(13-22-21)7-8-17(15)24-19(26)10-9-18(25)23-16(5-2)12-20(27)28-6-3/h5,7-8,11,13,16H,2,4,6,9-10,12,21H2,1,3H3,(H,23,25)(H,24,26). The Morgan fingerprint density at radius 3 is 2.57 bits per heavy atom. The third-order valence-corrected chi connectivity index (χ3v) is 3.91. The van der Waals surface area contributed by atoms with Crippen molar-refractivity contribution in [3.8, 4) is 0 Å². The van der Waals surface area contributed by atoms with E-state index in [1.807, 2.05) is 13.0 Å². The lowest BCUT2D eigenvalue weighted by atomic mass is 10.1. The van der Waals surface area contributed by atoms with Crippen molar-refractivity contribution in [1.29, 1.82) is 0 Å². The van der Waals surface area contributed by atoms with Crippen molar-refractivity contribution in [2.45, 2.75) is 45.6 Å². The zero-order valence-electron chi connectivity index (χ0n) is 16.4. The van der Waals surface area contributed by atoms with Crippen molar-refractivity contribution in [1.82, 2.24) is 5.32 Å². The number of rotatable bonds is 11. The molecule has 0 heterocycles. The zero-order chi connectivity index (χ0) is 20.9. The summed E-state index contributed by atoms with van der Waals surface area (Å²) in [5, 5.41) is 8.96. The summed E-state index contributed by atoms with van der Waals surface area (Å²) < 4.78 is 4.85. The van der Waals surface area contributed by atoms with Crippen LogP contribution >= 0.6 is 0 Å². The van der Waals surface area contributed by atoms with Gasteiger partial charge in [-0.3, -0.25) is 14.4 Å². The van der Waals surface area contributed by atoms with Crippen molar-refractivity contribution >= 4 is 29.7 Å². The van der Waals surface area contributed by atoms with Crippen LogP contribution in [-0.2, 0) is 25.5 Å². The molecule has 1 aromatic carbocycles. The Bertz CT molecular complexity index is 731. The van der Waals surface area contributed by atoms with Crippen molar-refractivity contribution in [2.24, 2.45) is 10.9 Å². The molecule has 0 aromatic heterocycles. The first-order chi connectivity index (χ1) is 13.4. The lowest BCUT2D eigenvalue weighted by molar-refractivity contribution is -0.143. The fourth-order valence-electron chi connectivity index (χ4n) is 2.51. The van der Waals surface area contributed by atoms with Crippen LogP contribution in [0.3, 0.4) is 0 Å². The van der Waals surface area contributed by atoms with Gasteiger partial charge in [-0.1, -0.05) is 19.1 Å². The molecule has 0 fully saturated rings. The second-order valence-corrected chi connectivity index (χ2v) is 6.02. The number of carbonyl (C=O) groups excluding carboxylic acids is 3. The van der Waals surface area contributed by atoms with Gasteiger partial charge in [-0.2, -0.15) is 5.10 Å². The number of hydrazone groups is 1. The molecule has 1 atom stereocenters. The average Bonchev–Trinajstić information content (AvgIpc) is 2.67. The molecule has 2 amide bonds. The number of ether oxygens (including phenoxy) is 1. The molecule has 4 N–H and O–H groups in total. The van der Waals surface area contributed by atoms with Gasteiger partial charge in [-0.05, 0) is 36.6 Å². The highest BCUT2D eigenvalue weighted by Gasteiger charge is 2.15. The van der Waals surface area contributed by atoms with Gasteiger partial charge >= 0.3 is 5.97 Å². The van der Waals surface area contributed by atoms with Gasteiger partial charge in [0.25, 0.3) is 0 Å². The van der Waals surface area contributed by atoms with Crippen molar-refractivity contribution in [3.63, 3.8) is 0 Å². The molecule has 28 heavy (non-hydrogen) atoms. The van der Waals surface area contributed by atoms with E-state index in [4.69, 9.17) is 10.6 Å². The molecule has 1 aromatic rings. The van der Waals surface area contributed by atoms with Crippen molar-refractivity contribution < 1.29 is 19.1 Å². The molecule has 0 spiro atoms. The van der Waals surface area contributed by atoms with Gasteiger partial charge in [0.15, 0.2) is 0 Å². The largest absolute Gasteiger partial charge is 0.466 e. The number of nitrogens with one attached hydrogen (secondary N) is 2.